The van der Waals surface area contributed by atoms with Crippen LogP contribution in [-0.2, 0) is 11.2 Å². The number of carbonyl (C=O) groups is 1. The van der Waals surface area contributed by atoms with Gasteiger partial charge in [-0.1, -0.05) is 66.2 Å². The second-order valence-corrected chi connectivity index (χ2v) is 8.73. The first-order valence-corrected chi connectivity index (χ1v) is 11.5. The lowest BCUT2D eigenvalue weighted by Crippen LogP contribution is -2.28. The molecule has 1 aliphatic heterocycles. The molecule has 5 rings (SSSR count). The molecule has 0 unspecified atom stereocenters. The molecule has 1 aromatic heterocycles. The number of aryl methyl sites for hydroxylation is 1. The van der Waals surface area contributed by atoms with Crippen LogP contribution in [0.5, 0.6) is 0 Å². The maximum Gasteiger partial charge on any atom is 0.250 e. The monoisotopic (exact) mass is 475 g/mol. The Hall–Kier alpha value is -3.71. The number of nitrogens with zero attached hydrogens (tertiary/aromatic N) is 3. The van der Waals surface area contributed by atoms with E-state index in [4.69, 9.17) is 11.6 Å². The molecule has 0 aliphatic carbocycles. The highest BCUT2D eigenvalue weighted by Crippen LogP contribution is 2.38. The molecule has 6 nitrogen and oxygen atoms in total. The molecular weight excluding hydrogens is 453 g/mol. The van der Waals surface area contributed by atoms with Gasteiger partial charge in [-0.15, -0.1) is 5.10 Å². The van der Waals surface area contributed by atoms with Crippen molar-refractivity contribution in [1.29, 1.82) is 0 Å². The standard InChI is InChI=1S/C26H23ClFN5O/c27-20-11-7-18(8-12-20)22-16-23(19-9-13-21(28)14-10-19)33-26(29-22)31-25(32-33)30-24(34)15-6-17-4-2-1-3-5-17/h1-5,7-14,22-23H,6,15-16H2,(H2,29,30,31,32,34)/t22-,23+/m1/s1. The van der Waals surface area contributed by atoms with E-state index in [0.717, 1.165) is 16.7 Å². The molecule has 0 saturated carbocycles. The summed E-state index contributed by atoms with van der Waals surface area (Å²) in [5.74, 6) is 0.333. The molecule has 1 amide bonds. The highest BCUT2D eigenvalue weighted by Gasteiger charge is 2.31. The van der Waals surface area contributed by atoms with Crippen molar-refractivity contribution in [3.05, 3.63) is 106 Å². The van der Waals surface area contributed by atoms with Gasteiger partial charge in [0, 0.05) is 11.4 Å². The highest BCUT2D eigenvalue weighted by molar-refractivity contribution is 6.30. The first kappa shape index (κ1) is 22.1. The van der Waals surface area contributed by atoms with Gasteiger partial charge in [0.15, 0.2) is 0 Å². The van der Waals surface area contributed by atoms with Crippen LogP contribution in [0.1, 0.15) is 41.6 Å². The largest absolute Gasteiger partial charge is 0.347 e. The van der Waals surface area contributed by atoms with Crippen LogP contribution < -0.4 is 10.6 Å². The molecule has 1 aliphatic rings. The van der Waals surface area contributed by atoms with E-state index in [1.807, 2.05) is 54.6 Å². The van der Waals surface area contributed by atoms with E-state index < -0.39 is 0 Å². The van der Waals surface area contributed by atoms with Crippen molar-refractivity contribution in [3.63, 3.8) is 0 Å². The van der Waals surface area contributed by atoms with E-state index in [1.165, 1.54) is 12.1 Å². The third-order valence-corrected chi connectivity index (χ3v) is 6.20. The Morgan fingerprint density at radius 3 is 2.47 bits per heavy atom. The minimum Gasteiger partial charge on any atom is -0.347 e. The minimum atomic E-state index is -0.294. The first-order valence-electron chi connectivity index (χ1n) is 11.1. The minimum absolute atomic E-state index is 0.0503. The maximum atomic E-state index is 13.6. The van der Waals surface area contributed by atoms with E-state index in [1.54, 1.807) is 16.8 Å². The predicted molar refractivity (Wildman–Crippen MR) is 130 cm³/mol. The molecule has 2 heterocycles. The van der Waals surface area contributed by atoms with E-state index in [-0.39, 0.29) is 29.8 Å². The molecule has 0 spiro atoms. The van der Waals surface area contributed by atoms with Crippen molar-refractivity contribution < 1.29 is 9.18 Å². The fourth-order valence-corrected chi connectivity index (χ4v) is 4.32. The third-order valence-electron chi connectivity index (χ3n) is 5.95. The zero-order valence-electron chi connectivity index (χ0n) is 18.3. The molecule has 172 valence electrons. The normalized spacial score (nSPS) is 17.0. The van der Waals surface area contributed by atoms with Crippen molar-refractivity contribution >= 4 is 29.4 Å². The predicted octanol–water partition coefficient (Wildman–Crippen LogP) is 5.79. The fourth-order valence-electron chi connectivity index (χ4n) is 4.20. The number of nitrogens with one attached hydrogen (secondary N) is 2. The maximum absolute atomic E-state index is 13.6. The quantitative estimate of drug-likeness (QED) is 0.370. The SMILES string of the molecule is O=C(CCc1ccccc1)Nc1nc2n(n1)[C@H](c1ccc(F)cc1)C[C@H](c1ccc(Cl)cc1)N2. The van der Waals surface area contributed by atoms with Gasteiger partial charge in [0.1, 0.15) is 5.82 Å². The molecule has 0 radical (unpaired) electrons. The Morgan fingerprint density at radius 2 is 1.74 bits per heavy atom. The topological polar surface area (TPSA) is 71.8 Å². The molecule has 2 atom stereocenters. The van der Waals surface area contributed by atoms with Crippen LogP contribution >= 0.6 is 11.6 Å². The number of rotatable bonds is 6. The van der Waals surface area contributed by atoms with Gasteiger partial charge in [-0.3, -0.25) is 10.1 Å². The fraction of sp³-hybridized carbons (Fsp3) is 0.192. The number of anilines is 2. The van der Waals surface area contributed by atoms with Crippen molar-refractivity contribution in [3.8, 4) is 0 Å². The summed E-state index contributed by atoms with van der Waals surface area (Å²) < 4.78 is 15.3. The van der Waals surface area contributed by atoms with Crippen LogP contribution in [0.4, 0.5) is 16.3 Å². The van der Waals surface area contributed by atoms with Crippen LogP contribution in [0.15, 0.2) is 78.9 Å². The lowest BCUT2D eigenvalue weighted by atomic mass is 9.93. The molecule has 0 saturated heterocycles. The number of hydrogen-bond acceptors (Lipinski definition) is 4. The first-order chi connectivity index (χ1) is 16.5. The van der Waals surface area contributed by atoms with Gasteiger partial charge < -0.3 is 5.32 Å². The van der Waals surface area contributed by atoms with Crippen molar-refractivity contribution in [2.45, 2.75) is 31.3 Å². The van der Waals surface area contributed by atoms with Gasteiger partial charge in [-0.2, -0.15) is 4.98 Å². The molecule has 2 N–H and O–H groups in total. The summed E-state index contributed by atoms with van der Waals surface area (Å²) in [5.41, 5.74) is 3.06. The summed E-state index contributed by atoms with van der Waals surface area (Å²) in [6.07, 6.45) is 1.64. The number of hydrogen-bond donors (Lipinski definition) is 2. The van der Waals surface area contributed by atoms with Gasteiger partial charge in [0.05, 0.1) is 12.1 Å². The van der Waals surface area contributed by atoms with Crippen LogP contribution in [0.25, 0.3) is 0 Å². The summed E-state index contributed by atoms with van der Waals surface area (Å²) >= 11 is 6.06. The van der Waals surface area contributed by atoms with E-state index in [9.17, 15) is 9.18 Å². The second kappa shape index (κ2) is 9.65. The summed E-state index contributed by atoms with van der Waals surface area (Å²) in [5, 5.41) is 11.5. The van der Waals surface area contributed by atoms with E-state index >= 15 is 0 Å². The lowest BCUT2D eigenvalue weighted by Gasteiger charge is -2.31. The molecule has 8 heteroatoms. The van der Waals surface area contributed by atoms with E-state index in [0.29, 0.717) is 30.2 Å². The molecule has 0 bridgehead atoms. The molecular formula is C26H23ClFN5O. The molecule has 3 aromatic carbocycles. The number of amides is 1. The van der Waals surface area contributed by atoms with Crippen LogP contribution in [0, 0.1) is 5.82 Å². The van der Waals surface area contributed by atoms with Gasteiger partial charge in [-0.05, 0) is 53.8 Å². The molecule has 0 fully saturated rings. The number of benzene rings is 3. The lowest BCUT2D eigenvalue weighted by molar-refractivity contribution is -0.116. The average molecular weight is 476 g/mol. The Bertz CT molecular complexity index is 1280. The summed E-state index contributed by atoms with van der Waals surface area (Å²) in [4.78, 5) is 17.1. The van der Waals surface area contributed by atoms with Crippen molar-refractivity contribution in [2.24, 2.45) is 0 Å². The number of fused-ring (bicyclic) bond motifs is 1. The molecule has 34 heavy (non-hydrogen) atoms. The number of halogens is 2. The van der Waals surface area contributed by atoms with Gasteiger partial charge in [-0.25, -0.2) is 9.07 Å². The Morgan fingerprint density at radius 1 is 1.03 bits per heavy atom. The third kappa shape index (κ3) is 4.94. The summed E-state index contributed by atoms with van der Waals surface area (Å²) in [7, 11) is 0. The summed E-state index contributed by atoms with van der Waals surface area (Å²) in [6, 6.07) is 23.7. The van der Waals surface area contributed by atoms with Gasteiger partial charge >= 0.3 is 0 Å². The van der Waals surface area contributed by atoms with Crippen molar-refractivity contribution in [2.75, 3.05) is 10.6 Å². The van der Waals surface area contributed by atoms with Crippen LogP contribution in [0.2, 0.25) is 5.02 Å². The summed E-state index contributed by atoms with van der Waals surface area (Å²) in [6.45, 7) is 0. The zero-order valence-corrected chi connectivity index (χ0v) is 19.0. The smallest absolute Gasteiger partial charge is 0.250 e. The number of carbonyl (C=O) groups excluding carboxylic acids is 1. The van der Waals surface area contributed by atoms with Crippen LogP contribution in [-0.4, -0.2) is 20.7 Å². The Kier molecular flexibility index (Phi) is 6.27. The molecule has 4 aromatic rings. The van der Waals surface area contributed by atoms with Crippen LogP contribution in [0.3, 0.4) is 0 Å². The zero-order chi connectivity index (χ0) is 23.5. The van der Waals surface area contributed by atoms with Gasteiger partial charge in [0.2, 0.25) is 11.9 Å². The second-order valence-electron chi connectivity index (χ2n) is 8.29. The average Bonchev–Trinajstić information content (AvgIpc) is 3.26. The number of aromatic nitrogens is 3. The highest BCUT2D eigenvalue weighted by atomic mass is 35.5. The van der Waals surface area contributed by atoms with Gasteiger partial charge in [0.25, 0.3) is 5.95 Å². The van der Waals surface area contributed by atoms with E-state index in [2.05, 4.69) is 20.7 Å². The van der Waals surface area contributed by atoms with Crippen molar-refractivity contribution in [1.82, 2.24) is 14.8 Å². The Balaban J connectivity index is 1.38. The Labute approximate surface area is 201 Å².